The Balaban J connectivity index is 1.73. The molecule has 9 heteroatoms. The van der Waals surface area contributed by atoms with Gasteiger partial charge in [-0.3, -0.25) is 10.1 Å². The van der Waals surface area contributed by atoms with Crippen molar-refractivity contribution < 1.29 is 4.79 Å². The number of aromatic nitrogens is 4. The maximum atomic E-state index is 12.4. The van der Waals surface area contributed by atoms with Crippen LogP contribution >= 0.6 is 11.3 Å². The van der Waals surface area contributed by atoms with Gasteiger partial charge in [0, 0.05) is 19.7 Å². The summed E-state index contributed by atoms with van der Waals surface area (Å²) in [5.74, 6) is 0.380. The van der Waals surface area contributed by atoms with E-state index in [1.165, 1.54) is 11.3 Å². The fourth-order valence-corrected chi connectivity index (χ4v) is 3.51. The Morgan fingerprint density at radius 1 is 1.23 bits per heavy atom. The first-order chi connectivity index (χ1) is 12.6. The van der Waals surface area contributed by atoms with Crippen molar-refractivity contribution in [3.05, 3.63) is 41.7 Å². The van der Waals surface area contributed by atoms with Gasteiger partial charge in [-0.2, -0.15) is 5.26 Å². The van der Waals surface area contributed by atoms with Gasteiger partial charge in [0.1, 0.15) is 21.4 Å². The maximum Gasteiger partial charge on any atom is 0.257 e. The van der Waals surface area contributed by atoms with Crippen LogP contribution in [0.3, 0.4) is 0 Å². The fourth-order valence-electron chi connectivity index (χ4n) is 2.67. The number of amides is 1. The standard InChI is InChI=1S/C17H13N7OS/c1-19-14-11-13(24(2)8-20-11)12-16(22-14)26-17(21-12)23-15(25)10-5-3-9(7-18)4-6-10/h3-6,8H,1-2H3,(H,19,22)(H,21,23,25). The molecule has 0 radical (unpaired) electrons. The largest absolute Gasteiger partial charge is 0.371 e. The third kappa shape index (κ3) is 2.53. The van der Waals surface area contributed by atoms with E-state index in [4.69, 9.17) is 5.26 Å². The van der Waals surface area contributed by atoms with Crippen molar-refractivity contribution >= 4 is 49.6 Å². The van der Waals surface area contributed by atoms with Crippen molar-refractivity contribution in [2.75, 3.05) is 17.7 Å². The Hall–Kier alpha value is -3.51. The molecule has 0 aliphatic heterocycles. The van der Waals surface area contributed by atoms with Crippen LogP contribution in [0, 0.1) is 11.3 Å². The number of aryl methyl sites for hydroxylation is 1. The second-order valence-electron chi connectivity index (χ2n) is 5.58. The van der Waals surface area contributed by atoms with Crippen LogP contribution in [-0.4, -0.2) is 32.5 Å². The zero-order valence-corrected chi connectivity index (χ0v) is 14.8. The molecule has 4 rings (SSSR count). The molecule has 0 saturated heterocycles. The lowest BCUT2D eigenvalue weighted by atomic mass is 10.1. The Bertz CT molecular complexity index is 1180. The molecule has 3 aromatic heterocycles. The number of anilines is 2. The van der Waals surface area contributed by atoms with Crippen molar-refractivity contribution in [1.82, 2.24) is 19.5 Å². The minimum Gasteiger partial charge on any atom is -0.371 e. The van der Waals surface area contributed by atoms with Crippen molar-refractivity contribution in [2.45, 2.75) is 0 Å². The molecule has 2 N–H and O–H groups in total. The van der Waals surface area contributed by atoms with Crippen molar-refractivity contribution in [3.8, 4) is 6.07 Å². The third-order valence-electron chi connectivity index (χ3n) is 3.94. The molecule has 0 spiro atoms. The highest BCUT2D eigenvalue weighted by Gasteiger charge is 2.17. The van der Waals surface area contributed by atoms with E-state index >= 15 is 0 Å². The molecule has 0 aliphatic carbocycles. The van der Waals surface area contributed by atoms with Crippen LogP contribution in [0.2, 0.25) is 0 Å². The van der Waals surface area contributed by atoms with Gasteiger partial charge in [-0.1, -0.05) is 11.3 Å². The number of hydrogen-bond donors (Lipinski definition) is 2. The van der Waals surface area contributed by atoms with E-state index in [1.807, 2.05) is 17.7 Å². The highest BCUT2D eigenvalue weighted by atomic mass is 32.1. The fraction of sp³-hybridized carbons (Fsp3) is 0.118. The van der Waals surface area contributed by atoms with E-state index in [2.05, 4.69) is 25.6 Å². The van der Waals surface area contributed by atoms with E-state index in [9.17, 15) is 4.79 Å². The Morgan fingerprint density at radius 3 is 2.69 bits per heavy atom. The lowest BCUT2D eigenvalue weighted by Crippen LogP contribution is -2.11. The number of fused-ring (bicyclic) bond motifs is 3. The second kappa shape index (κ2) is 6.09. The lowest BCUT2D eigenvalue weighted by molar-refractivity contribution is 0.102. The molecular formula is C17H13N7OS. The lowest BCUT2D eigenvalue weighted by Gasteiger charge is -2.01. The first-order valence-electron chi connectivity index (χ1n) is 7.71. The quantitative estimate of drug-likeness (QED) is 0.579. The van der Waals surface area contributed by atoms with Gasteiger partial charge in [0.25, 0.3) is 5.91 Å². The summed E-state index contributed by atoms with van der Waals surface area (Å²) in [4.78, 5) is 26.6. The van der Waals surface area contributed by atoms with E-state index in [0.29, 0.717) is 32.4 Å². The number of rotatable bonds is 3. The summed E-state index contributed by atoms with van der Waals surface area (Å²) in [5.41, 5.74) is 3.24. The number of nitriles is 1. The van der Waals surface area contributed by atoms with Crippen LogP contribution in [0.1, 0.15) is 15.9 Å². The summed E-state index contributed by atoms with van der Waals surface area (Å²) in [6, 6.07) is 8.45. The summed E-state index contributed by atoms with van der Waals surface area (Å²) in [6.07, 6.45) is 1.71. The molecule has 0 bridgehead atoms. The molecular weight excluding hydrogens is 350 g/mol. The summed E-state index contributed by atoms with van der Waals surface area (Å²) in [7, 11) is 3.68. The zero-order valence-electron chi connectivity index (χ0n) is 13.9. The van der Waals surface area contributed by atoms with Crippen molar-refractivity contribution in [2.24, 2.45) is 7.05 Å². The summed E-state index contributed by atoms with van der Waals surface area (Å²) >= 11 is 1.30. The second-order valence-corrected chi connectivity index (χ2v) is 6.56. The van der Waals surface area contributed by atoms with Crippen LogP contribution in [0.4, 0.5) is 10.9 Å². The van der Waals surface area contributed by atoms with Gasteiger partial charge >= 0.3 is 0 Å². The number of nitrogens with one attached hydrogen (secondary N) is 2. The van der Waals surface area contributed by atoms with Crippen LogP contribution in [-0.2, 0) is 7.05 Å². The topological polar surface area (TPSA) is 109 Å². The van der Waals surface area contributed by atoms with Gasteiger partial charge in [-0.05, 0) is 24.3 Å². The van der Waals surface area contributed by atoms with Gasteiger partial charge in [0.15, 0.2) is 10.9 Å². The molecule has 1 amide bonds. The van der Waals surface area contributed by atoms with Crippen molar-refractivity contribution in [1.29, 1.82) is 5.26 Å². The summed E-state index contributed by atoms with van der Waals surface area (Å²) in [6.45, 7) is 0. The number of carbonyl (C=O) groups is 1. The molecule has 4 aromatic rings. The molecule has 0 fully saturated rings. The van der Waals surface area contributed by atoms with Crippen LogP contribution in [0.25, 0.3) is 21.4 Å². The minimum atomic E-state index is -0.288. The molecule has 0 saturated carbocycles. The Kier molecular flexibility index (Phi) is 3.74. The van der Waals surface area contributed by atoms with Gasteiger partial charge in [0.05, 0.1) is 18.0 Å². The average Bonchev–Trinajstić information content (AvgIpc) is 3.24. The van der Waals surface area contributed by atoms with Gasteiger partial charge < -0.3 is 9.88 Å². The number of thiazole rings is 1. The summed E-state index contributed by atoms with van der Waals surface area (Å²) < 4.78 is 1.88. The van der Waals surface area contributed by atoms with Gasteiger partial charge in [-0.25, -0.2) is 15.0 Å². The van der Waals surface area contributed by atoms with Crippen LogP contribution < -0.4 is 10.6 Å². The molecule has 0 aliphatic rings. The number of carbonyl (C=O) groups excluding carboxylic acids is 1. The van der Waals surface area contributed by atoms with Crippen LogP contribution in [0.15, 0.2) is 30.6 Å². The number of hydrogen-bond acceptors (Lipinski definition) is 7. The molecule has 0 unspecified atom stereocenters. The monoisotopic (exact) mass is 363 g/mol. The average molecular weight is 363 g/mol. The highest BCUT2D eigenvalue weighted by molar-refractivity contribution is 7.22. The molecule has 128 valence electrons. The molecule has 8 nitrogen and oxygen atoms in total. The van der Waals surface area contributed by atoms with Gasteiger partial charge in [0.2, 0.25) is 0 Å². The van der Waals surface area contributed by atoms with E-state index in [0.717, 1.165) is 11.0 Å². The molecule has 0 atom stereocenters. The molecule has 1 aromatic carbocycles. The Labute approximate surface area is 152 Å². The normalized spacial score (nSPS) is 10.8. The van der Waals surface area contributed by atoms with E-state index < -0.39 is 0 Å². The molecule has 26 heavy (non-hydrogen) atoms. The predicted octanol–water partition coefficient (Wildman–Crippen LogP) is 2.74. The van der Waals surface area contributed by atoms with E-state index in [-0.39, 0.29) is 5.91 Å². The van der Waals surface area contributed by atoms with Gasteiger partial charge in [-0.15, -0.1) is 0 Å². The van der Waals surface area contributed by atoms with Crippen LogP contribution in [0.5, 0.6) is 0 Å². The number of benzene rings is 1. The third-order valence-corrected chi connectivity index (χ3v) is 4.81. The van der Waals surface area contributed by atoms with E-state index in [1.54, 1.807) is 37.6 Å². The SMILES string of the molecule is CNc1nc2sc(NC(=O)c3ccc(C#N)cc3)nc2c2c1ncn2C. The first kappa shape index (κ1) is 16.0. The van der Waals surface area contributed by atoms with Crippen molar-refractivity contribution in [3.63, 3.8) is 0 Å². The number of pyridine rings is 1. The minimum absolute atomic E-state index is 0.288. The summed E-state index contributed by atoms with van der Waals surface area (Å²) in [5, 5.41) is 15.1. The zero-order chi connectivity index (χ0) is 18.3. The predicted molar refractivity (Wildman–Crippen MR) is 100 cm³/mol. The first-order valence-corrected chi connectivity index (χ1v) is 8.53. The smallest absolute Gasteiger partial charge is 0.257 e. The maximum absolute atomic E-state index is 12.4. The number of nitrogens with zero attached hydrogens (tertiary/aromatic N) is 5. The molecule has 3 heterocycles. The Morgan fingerprint density at radius 2 is 2.00 bits per heavy atom. The highest BCUT2D eigenvalue weighted by Crippen LogP contribution is 2.33. The number of imidazole rings is 1.